The molecule has 0 atom stereocenters. The van der Waals surface area contributed by atoms with Gasteiger partial charge in [0.05, 0.1) is 25.7 Å². The van der Waals surface area contributed by atoms with Gasteiger partial charge >= 0.3 is 0 Å². The summed E-state index contributed by atoms with van der Waals surface area (Å²) in [4.78, 5) is 41.9. The SMILES string of the molecule is COCCCN(CC(=O)N(CCc1ccc(OC)c(OC)c1)Cc1sccc1C)C(=O)c1ccc([N+](=O)[O-])cc1. The molecule has 0 aliphatic rings. The zero-order chi connectivity index (χ0) is 29.1. The molecule has 0 N–H and O–H groups in total. The first-order valence-electron chi connectivity index (χ1n) is 12.8. The number of hydrogen-bond acceptors (Lipinski definition) is 8. The van der Waals surface area contributed by atoms with Crippen molar-refractivity contribution in [2.75, 3.05) is 47.6 Å². The molecule has 10 nitrogen and oxygen atoms in total. The van der Waals surface area contributed by atoms with Gasteiger partial charge in [0.25, 0.3) is 11.6 Å². The lowest BCUT2D eigenvalue weighted by Crippen LogP contribution is -2.44. The molecule has 0 unspecified atom stereocenters. The second-order valence-electron chi connectivity index (χ2n) is 9.16. The maximum absolute atomic E-state index is 13.7. The maximum atomic E-state index is 13.7. The van der Waals surface area contributed by atoms with E-state index >= 15 is 0 Å². The summed E-state index contributed by atoms with van der Waals surface area (Å²) in [5, 5.41) is 13.0. The lowest BCUT2D eigenvalue weighted by atomic mass is 10.1. The number of nitro benzene ring substituents is 1. The number of rotatable bonds is 15. The van der Waals surface area contributed by atoms with Crippen LogP contribution in [0.4, 0.5) is 5.69 Å². The Labute approximate surface area is 238 Å². The van der Waals surface area contributed by atoms with E-state index in [1.54, 1.807) is 37.6 Å². The van der Waals surface area contributed by atoms with Crippen molar-refractivity contribution in [3.63, 3.8) is 0 Å². The zero-order valence-electron chi connectivity index (χ0n) is 23.3. The minimum atomic E-state index is -0.517. The van der Waals surface area contributed by atoms with E-state index in [9.17, 15) is 19.7 Å². The van der Waals surface area contributed by atoms with Gasteiger partial charge in [-0.15, -0.1) is 11.3 Å². The highest BCUT2D eigenvalue weighted by molar-refractivity contribution is 7.10. The van der Waals surface area contributed by atoms with Gasteiger partial charge in [-0.05, 0) is 66.6 Å². The van der Waals surface area contributed by atoms with Gasteiger partial charge in [0.2, 0.25) is 5.91 Å². The molecule has 40 heavy (non-hydrogen) atoms. The van der Waals surface area contributed by atoms with Crippen LogP contribution in [0, 0.1) is 17.0 Å². The van der Waals surface area contributed by atoms with Gasteiger partial charge in [-0.3, -0.25) is 19.7 Å². The van der Waals surface area contributed by atoms with Crippen LogP contribution in [0.25, 0.3) is 0 Å². The lowest BCUT2D eigenvalue weighted by Gasteiger charge is -2.28. The number of benzene rings is 2. The number of aryl methyl sites for hydroxylation is 1. The molecule has 0 aliphatic carbocycles. The second kappa shape index (κ2) is 15.0. The maximum Gasteiger partial charge on any atom is 0.269 e. The Bertz CT molecular complexity index is 1290. The summed E-state index contributed by atoms with van der Waals surface area (Å²) < 4.78 is 15.9. The molecule has 3 aromatic rings. The van der Waals surface area contributed by atoms with E-state index in [4.69, 9.17) is 14.2 Å². The number of nitrogens with zero attached hydrogens (tertiary/aromatic N) is 3. The van der Waals surface area contributed by atoms with Gasteiger partial charge in [0.1, 0.15) is 6.54 Å². The highest BCUT2D eigenvalue weighted by Gasteiger charge is 2.24. The summed E-state index contributed by atoms with van der Waals surface area (Å²) in [6, 6.07) is 13.1. The van der Waals surface area contributed by atoms with E-state index < -0.39 is 4.92 Å². The van der Waals surface area contributed by atoms with Crippen LogP contribution < -0.4 is 9.47 Å². The number of hydrogen-bond donors (Lipinski definition) is 0. The van der Waals surface area contributed by atoms with E-state index in [-0.39, 0.29) is 29.6 Å². The summed E-state index contributed by atoms with van der Waals surface area (Å²) in [7, 11) is 4.74. The van der Waals surface area contributed by atoms with Crippen molar-refractivity contribution in [2.45, 2.75) is 26.3 Å². The average Bonchev–Trinajstić information content (AvgIpc) is 3.37. The molecule has 0 bridgehead atoms. The Morgan fingerprint density at radius 2 is 1.68 bits per heavy atom. The van der Waals surface area contributed by atoms with Crippen LogP contribution in [0.5, 0.6) is 11.5 Å². The fraction of sp³-hybridized carbons (Fsp3) is 0.379. The summed E-state index contributed by atoms with van der Waals surface area (Å²) in [6.45, 7) is 3.47. The van der Waals surface area contributed by atoms with Crippen LogP contribution in [0.2, 0.25) is 0 Å². The number of thiophene rings is 1. The number of amides is 2. The summed E-state index contributed by atoms with van der Waals surface area (Å²) in [6.07, 6.45) is 1.12. The Morgan fingerprint density at radius 1 is 0.950 bits per heavy atom. The molecule has 3 rings (SSSR count). The minimum absolute atomic E-state index is 0.105. The topological polar surface area (TPSA) is 111 Å². The third-order valence-electron chi connectivity index (χ3n) is 6.49. The zero-order valence-corrected chi connectivity index (χ0v) is 24.1. The van der Waals surface area contributed by atoms with Crippen molar-refractivity contribution < 1.29 is 28.7 Å². The Morgan fingerprint density at radius 3 is 2.27 bits per heavy atom. The molecular weight excluding hydrogens is 534 g/mol. The second-order valence-corrected chi connectivity index (χ2v) is 10.2. The van der Waals surface area contributed by atoms with Crippen molar-refractivity contribution in [2.24, 2.45) is 0 Å². The van der Waals surface area contributed by atoms with E-state index in [1.807, 2.05) is 36.6 Å². The third kappa shape index (κ3) is 8.27. The fourth-order valence-electron chi connectivity index (χ4n) is 4.16. The number of ether oxygens (including phenoxy) is 3. The van der Waals surface area contributed by atoms with Crippen LogP contribution in [0.15, 0.2) is 53.9 Å². The summed E-state index contributed by atoms with van der Waals surface area (Å²) in [5.41, 5.74) is 2.26. The predicted molar refractivity (Wildman–Crippen MR) is 153 cm³/mol. The van der Waals surface area contributed by atoms with Crippen LogP contribution >= 0.6 is 11.3 Å². The number of carbonyl (C=O) groups excluding carboxylic acids is 2. The molecule has 0 aliphatic heterocycles. The molecule has 1 heterocycles. The normalized spacial score (nSPS) is 10.7. The van der Waals surface area contributed by atoms with E-state index in [1.165, 1.54) is 29.2 Å². The first kappa shape index (κ1) is 30.6. The van der Waals surface area contributed by atoms with E-state index in [0.29, 0.717) is 50.6 Å². The predicted octanol–water partition coefficient (Wildman–Crippen LogP) is 4.73. The highest BCUT2D eigenvalue weighted by Crippen LogP contribution is 2.28. The number of non-ortho nitro benzene ring substituents is 1. The quantitative estimate of drug-likeness (QED) is 0.148. The Balaban J connectivity index is 1.81. The Kier molecular flexibility index (Phi) is 11.5. The van der Waals surface area contributed by atoms with Crippen molar-refractivity contribution in [3.05, 3.63) is 85.6 Å². The first-order valence-corrected chi connectivity index (χ1v) is 13.7. The number of carbonyl (C=O) groups is 2. The first-order chi connectivity index (χ1) is 19.3. The van der Waals surface area contributed by atoms with Crippen molar-refractivity contribution in [1.29, 1.82) is 0 Å². The monoisotopic (exact) mass is 569 g/mol. The number of methoxy groups -OCH3 is 3. The van der Waals surface area contributed by atoms with Gasteiger partial charge in [-0.25, -0.2) is 0 Å². The fourth-order valence-corrected chi connectivity index (χ4v) is 5.08. The molecule has 0 spiro atoms. The van der Waals surface area contributed by atoms with E-state index in [2.05, 4.69) is 0 Å². The molecule has 1 aromatic heterocycles. The van der Waals surface area contributed by atoms with Crippen molar-refractivity contribution >= 4 is 28.8 Å². The van der Waals surface area contributed by atoms with Gasteiger partial charge in [0.15, 0.2) is 11.5 Å². The number of nitro groups is 1. The van der Waals surface area contributed by atoms with Crippen molar-refractivity contribution in [3.8, 4) is 11.5 Å². The van der Waals surface area contributed by atoms with Crippen molar-refractivity contribution in [1.82, 2.24) is 9.80 Å². The molecule has 0 fully saturated rings. The molecule has 0 saturated carbocycles. The standard InChI is InChI=1S/C29H35N3O7S/c1-21-13-17-40-27(21)19-30(15-12-22-6-11-25(38-3)26(18-22)39-4)28(33)20-31(14-5-16-37-2)29(34)23-7-9-24(10-8-23)32(35)36/h6-11,13,17-18H,5,12,14-16,19-20H2,1-4H3. The smallest absolute Gasteiger partial charge is 0.269 e. The molecule has 0 saturated heterocycles. The third-order valence-corrected chi connectivity index (χ3v) is 7.50. The molecule has 214 valence electrons. The molecule has 0 radical (unpaired) electrons. The largest absolute Gasteiger partial charge is 0.493 e. The summed E-state index contributed by atoms with van der Waals surface area (Å²) in [5.74, 6) is 0.683. The summed E-state index contributed by atoms with van der Waals surface area (Å²) >= 11 is 1.59. The average molecular weight is 570 g/mol. The molecule has 2 amide bonds. The van der Waals surface area contributed by atoms with Crippen LogP contribution in [0.1, 0.15) is 32.8 Å². The lowest BCUT2D eigenvalue weighted by molar-refractivity contribution is -0.384. The molecule has 11 heteroatoms. The molecule has 2 aromatic carbocycles. The minimum Gasteiger partial charge on any atom is -0.493 e. The van der Waals surface area contributed by atoms with Gasteiger partial charge in [-0.1, -0.05) is 6.07 Å². The van der Waals surface area contributed by atoms with Crippen LogP contribution in [-0.2, 0) is 22.5 Å². The van der Waals surface area contributed by atoms with Gasteiger partial charge in [0, 0.05) is 49.4 Å². The van der Waals surface area contributed by atoms with Gasteiger partial charge in [-0.2, -0.15) is 0 Å². The molecular formula is C29H35N3O7S. The highest BCUT2D eigenvalue weighted by atomic mass is 32.1. The van der Waals surface area contributed by atoms with Crippen LogP contribution in [0.3, 0.4) is 0 Å². The van der Waals surface area contributed by atoms with Crippen LogP contribution in [-0.4, -0.2) is 74.1 Å². The van der Waals surface area contributed by atoms with Gasteiger partial charge < -0.3 is 24.0 Å². The Hall–Kier alpha value is -3.96. The van der Waals surface area contributed by atoms with E-state index in [0.717, 1.165) is 16.0 Å².